The molecule has 0 aliphatic carbocycles. The third-order valence-electron chi connectivity index (χ3n) is 4.07. The summed E-state index contributed by atoms with van der Waals surface area (Å²) in [6, 6.07) is 5.97. The summed E-state index contributed by atoms with van der Waals surface area (Å²) in [4.78, 5) is 0. The Labute approximate surface area is 128 Å². The Hall–Kier alpha value is -1.10. The summed E-state index contributed by atoms with van der Waals surface area (Å²) in [6.07, 6.45) is -0.632. The molecule has 0 radical (unpaired) electrons. The molecule has 0 saturated carbocycles. The average molecular weight is 295 g/mol. The van der Waals surface area contributed by atoms with Gasteiger partial charge in [-0.25, -0.2) is 0 Å². The van der Waals surface area contributed by atoms with E-state index in [0.717, 1.165) is 11.3 Å². The van der Waals surface area contributed by atoms with Crippen LogP contribution in [-0.4, -0.2) is 40.6 Å². The minimum Gasteiger partial charge on any atom is -0.491 e. The van der Waals surface area contributed by atoms with Crippen molar-refractivity contribution in [2.24, 2.45) is 0 Å². The van der Waals surface area contributed by atoms with Crippen LogP contribution < -0.4 is 10.1 Å². The quantitative estimate of drug-likeness (QED) is 0.721. The molecule has 0 heterocycles. The van der Waals surface area contributed by atoms with Crippen molar-refractivity contribution < 1.29 is 14.9 Å². The van der Waals surface area contributed by atoms with Gasteiger partial charge in [-0.1, -0.05) is 17.7 Å². The molecule has 1 atom stereocenters. The van der Waals surface area contributed by atoms with E-state index in [1.165, 1.54) is 5.56 Å². The minimum atomic E-state index is -0.874. The lowest BCUT2D eigenvalue weighted by atomic mass is 9.86. The Morgan fingerprint density at radius 3 is 2.33 bits per heavy atom. The van der Waals surface area contributed by atoms with Gasteiger partial charge in [-0.05, 0) is 53.2 Å². The van der Waals surface area contributed by atoms with E-state index >= 15 is 0 Å². The van der Waals surface area contributed by atoms with Crippen LogP contribution in [0.4, 0.5) is 0 Å². The molecule has 21 heavy (non-hydrogen) atoms. The Bertz CT molecular complexity index is 464. The van der Waals surface area contributed by atoms with Crippen LogP contribution in [0.3, 0.4) is 0 Å². The maximum absolute atomic E-state index is 10.1. The zero-order valence-corrected chi connectivity index (χ0v) is 14.0. The molecule has 120 valence electrons. The van der Waals surface area contributed by atoms with Crippen LogP contribution in [0.25, 0.3) is 0 Å². The van der Waals surface area contributed by atoms with Crippen LogP contribution in [0, 0.1) is 13.8 Å². The van der Waals surface area contributed by atoms with Crippen molar-refractivity contribution in [2.75, 3.05) is 13.2 Å². The van der Waals surface area contributed by atoms with Gasteiger partial charge in [0, 0.05) is 12.1 Å². The lowest BCUT2D eigenvalue weighted by molar-refractivity contribution is -0.0120. The molecule has 1 unspecified atom stereocenters. The molecule has 0 spiro atoms. The highest BCUT2D eigenvalue weighted by atomic mass is 16.5. The number of hydrogen-bond donors (Lipinski definition) is 3. The highest BCUT2D eigenvalue weighted by Crippen LogP contribution is 2.21. The van der Waals surface area contributed by atoms with E-state index in [-0.39, 0.29) is 6.61 Å². The fourth-order valence-electron chi connectivity index (χ4n) is 1.80. The van der Waals surface area contributed by atoms with Gasteiger partial charge >= 0.3 is 0 Å². The molecule has 0 bridgehead atoms. The Balaban J connectivity index is 2.46. The third kappa shape index (κ3) is 5.30. The number of nitrogens with one attached hydrogen (secondary N) is 1. The van der Waals surface area contributed by atoms with E-state index in [1.807, 2.05) is 39.8 Å². The van der Waals surface area contributed by atoms with Crippen molar-refractivity contribution in [2.45, 2.75) is 58.8 Å². The molecule has 0 aliphatic heterocycles. The van der Waals surface area contributed by atoms with Gasteiger partial charge in [-0.2, -0.15) is 0 Å². The number of aliphatic hydroxyl groups is 2. The maximum atomic E-state index is 10.1. The molecule has 0 amide bonds. The maximum Gasteiger partial charge on any atom is 0.122 e. The second-order valence-corrected chi connectivity index (χ2v) is 6.80. The van der Waals surface area contributed by atoms with E-state index in [2.05, 4.69) is 11.4 Å². The lowest BCUT2D eigenvalue weighted by Gasteiger charge is -2.38. The normalized spacial score (nSPS) is 14.1. The summed E-state index contributed by atoms with van der Waals surface area (Å²) in [5, 5.41) is 23.2. The van der Waals surface area contributed by atoms with Gasteiger partial charge in [0.05, 0.1) is 5.60 Å². The monoisotopic (exact) mass is 295 g/mol. The predicted molar refractivity (Wildman–Crippen MR) is 85.8 cm³/mol. The van der Waals surface area contributed by atoms with Gasteiger partial charge in [0.2, 0.25) is 0 Å². The molecular weight excluding hydrogens is 266 g/mol. The van der Waals surface area contributed by atoms with Gasteiger partial charge in [-0.15, -0.1) is 0 Å². The first-order valence-electron chi connectivity index (χ1n) is 7.38. The highest BCUT2D eigenvalue weighted by molar-refractivity contribution is 5.35. The predicted octanol–water partition coefficient (Wildman–Crippen LogP) is 2.18. The lowest BCUT2D eigenvalue weighted by Crippen LogP contribution is -2.57. The van der Waals surface area contributed by atoms with Crippen molar-refractivity contribution in [3.05, 3.63) is 29.3 Å². The first-order valence-corrected chi connectivity index (χ1v) is 7.38. The van der Waals surface area contributed by atoms with Crippen molar-refractivity contribution >= 4 is 0 Å². The SMILES string of the molecule is Cc1ccc(OCC(O)CNC(C)(C)C(C)(C)O)c(C)c1. The number of rotatable bonds is 7. The van der Waals surface area contributed by atoms with Crippen molar-refractivity contribution in [1.82, 2.24) is 5.32 Å². The Kier molecular flexibility index (Phi) is 5.79. The van der Waals surface area contributed by atoms with E-state index < -0.39 is 17.2 Å². The van der Waals surface area contributed by atoms with Gasteiger partial charge in [0.15, 0.2) is 0 Å². The van der Waals surface area contributed by atoms with Crippen LogP contribution in [0.15, 0.2) is 18.2 Å². The van der Waals surface area contributed by atoms with Crippen molar-refractivity contribution in [3.8, 4) is 5.75 Å². The van der Waals surface area contributed by atoms with Crippen molar-refractivity contribution in [1.29, 1.82) is 0 Å². The molecule has 0 aromatic heterocycles. The standard InChI is InChI=1S/C17H29NO3/c1-12-7-8-15(13(2)9-12)21-11-14(19)10-18-16(3,4)17(5,6)20/h7-9,14,18-20H,10-11H2,1-6H3. The van der Waals surface area contributed by atoms with Gasteiger partial charge < -0.3 is 20.3 Å². The summed E-state index contributed by atoms with van der Waals surface area (Å²) >= 11 is 0. The molecule has 4 heteroatoms. The van der Waals surface area contributed by atoms with Gasteiger partial charge in [0.25, 0.3) is 0 Å². The van der Waals surface area contributed by atoms with Crippen LogP contribution in [0.1, 0.15) is 38.8 Å². The number of ether oxygens (including phenoxy) is 1. The first kappa shape index (κ1) is 18.0. The number of aliphatic hydroxyl groups excluding tert-OH is 1. The van der Waals surface area contributed by atoms with Crippen molar-refractivity contribution in [3.63, 3.8) is 0 Å². The Morgan fingerprint density at radius 2 is 1.81 bits per heavy atom. The number of aryl methyl sites for hydroxylation is 2. The number of hydrogen-bond acceptors (Lipinski definition) is 4. The van der Waals surface area contributed by atoms with Crippen LogP contribution >= 0.6 is 0 Å². The fourth-order valence-corrected chi connectivity index (χ4v) is 1.80. The largest absolute Gasteiger partial charge is 0.491 e. The Morgan fingerprint density at radius 1 is 1.19 bits per heavy atom. The highest BCUT2D eigenvalue weighted by Gasteiger charge is 2.34. The average Bonchev–Trinajstić information content (AvgIpc) is 2.34. The summed E-state index contributed by atoms with van der Waals surface area (Å²) in [5.41, 5.74) is 0.885. The second-order valence-electron chi connectivity index (χ2n) is 6.80. The smallest absolute Gasteiger partial charge is 0.122 e. The molecule has 4 nitrogen and oxygen atoms in total. The molecular formula is C17H29NO3. The summed E-state index contributed by atoms with van der Waals surface area (Å²) in [6.45, 7) is 11.9. The molecule has 0 aliphatic rings. The van der Waals surface area contributed by atoms with Gasteiger partial charge in [0.1, 0.15) is 18.5 Å². The van der Waals surface area contributed by atoms with Crippen LogP contribution in [0.2, 0.25) is 0 Å². The van der Waals surface area contributed by atoms with Crippen LogP contribution in [0.5, 0.6) is 5.75 Å². The molecule has 0 fully saturated rings. The van der Waals surface area contributed by atoms with E-state index in [9.17, 15) is 10.2 Å². The van der Waals surface area contributed by atoms with E-state index in [0.29, 0.717) is 6.54 Å². The van der Waals surface area contributed by atoms with Gasteiger partial charge in [-0.3, -0.25) is 0 Å². The fraction of sp³-hybridized carbons (Fsp3) is 0.647. The topological polar surface area (TPSA) is 61.7 Å². The molecule has 1 rings (SSSR count). The molecule has 1 aromatic rings. The van der Waals surface area contributed by atoms with E-state index in [1.54, 1.807) is 13.8 Å². The molecule has 0 saturated heterocycles. The summed E-state index contributed by atoms with van der Waals surface area (Å²) < 4.78 is 5.65. The molecule has 3 N–H and O–H groups in total. The second kappa shape index (κ2) is 6.77. The number of benzene rings is 1. The minimum absolute atomic E-state index is 0.221. The zero-order chi connectivity index (χ0) is 16.3. The molecule has 1 aromatic carbocycles. The third-order valence-corrected chi connectivity index (χ3v) is 4.07. The zero-order valence-electron chi connectivity index (χ0n) is 14.0. The number of β-amino-alcohol motifs (C(OH)–C–C–N with tert-alkyl or cyclic N) is 1. The van der Waals surface area contributed by atoms with Crippen LogP contribution in [-0.2, 0) is 0 Å². The van der Waals surface area contributed by atoms with E-state index in [4.69, 9.17) is 4.74 Å². The first-order chi connectivity index (χ1) is 9.53. The summed E-state index contributed by atoms with van der Waals surface area (Å²) in [5.74, 6) is 0.793. The summed E-state index contributed by atoms with van der Waals surface area (Å²) in [7, 11) is 0.